The lowest BCUT2D eigenvalue weighted by Gasteiger charge is -2.37. The Morgan fingerprint density at radius 1 is 1.37 bits per heavy atom. The fraction of sp³-hybridized carbons (Fsp3) is 1.00. The highest BCUT2D eigenvalue weighted by Gasteiger charge is 2.27. The summed E-state index contributed by atoms with van der Waals surface area (Å²) in [5.74, 6) is 0.537. The number of hydrogen-bond donors (Lipinski definition) is 1. The summed E-state index contributed by atoms with van der Waals surface area (Å²) in [6.45, 7) is 7.39. The van der Waals surface area contributed by atoms with Gasteiger partial charge in [-0.2, -0.15) is 0 Å². The fourth-order valence-electron chi connectivity index (χ4n) is 2.70. The van der Waals surface area contributed by atoms with Crippen LogP contribution in [0.5, 0.6) is 0 Å². The average molecular weight is 274 g/mol. The molecule has 0 bridgehead atoms. The van der Waals surface area contributed by atoms with Crippen molar-refractivity contribution < 1.29 is 14.2 Å². The summed E-state index contributed by atoms with van der Waals surface area (Å²) in [4.78, 5) is 2.44. The van der Waals surface area contributed by atoms with E-state index in [1.165, 1.54) is 0 Å². The first-order valence-corrected chi connectivity index (χ1v) is 7.19. The van der Waals surface area contributed by atoms with Gasteiger partial charge in [-0.05, 0) is 20.4 Å². The summed E-state index contributed by atoms with van der Waals surface area (Å²) in [6.07, 6.45) is 1.10. The minimum absolute atomic E-state index is 0.402. The van der Waals surface area contributed by atoms with Crippen LogP contribution in [0.1, 0.15) is 13.3 Å². The van der Waals surface area contributed by atoms with Gasteiger partial charge in [0.25, 0.3) is 0 Å². The summed E-state index contributed by atoms with van der Waals surface area (Å²) >= 11 is 0. The van der Waals surface area contributed by atoms with Gasteiger partial charge in [0.2, 0.25) is 0 Å². The van der Waals surface area contributed by atoms with E-state index in [0.717, 1.165) is 45.9 Å². The van der Waals surface area contributed by atoms with E-state index in [-0.39, 0.29) is 0 Å². The second-order valence-corrected chi connectivity index (χ2v) is 5.31. The first kappa shape index (κ1) is 16.9. The van der Waals surface area contributed by atoms with Gasteiger partial charge in [-0.25, -0.2) is 0 Å². The maximum Gasteiger partial charge on any atom is 0.0615 e. The van der Waals surface area contributed by atoms with Crippen LogP contribution in [-0.4, -0.2) is 77.8 Å². The Balaban J connectivity index is 2.53. The predicted molar refractivity (Wildman–Crippen MR) is 76.6 cm³/mol. The summed E-state index contributed by atoms with van der Waals surface area (Å²) in [5.41, 5.74) is 0. The van der Waals surface area contributed by atoms with Gasteiger partial charge >= 0.3 is 0 Å². The molecule has 1 aliphatic heterocycles. The molecule has 0 aromatic rings. The van der Waals surface area contributed by atoms with E-state index in [1.54, 1.807) is 14.2 Å². The molecule has 3 atom stereocenters. The van der Waals surface area contributed by atoms with Crippen molar-refractivity contribution in [3.63, 3.8) is 0 Å². The van der Waals surface area contributed by atoms with Gasteiger partial charge in [0, 0.05) is 51.9 Å². The molecule has 0 spiro atoms. The van der Waals surface area contributed by atoms with E-state index in [0.29, 0.717) is 18.0 Å². The van der Waals surface area contributed by atoms with E-state index in [4.69, 9.17) is 14.2 Å². The molecule has 1 aliphatic rings. The Morgan fingerprint density at radius 3 is 2.79 bits per heavy atom. The minimum atomic E-state index is 0.402. The number of ether oxygens (including phenoxy) is 3. The van der Waals surface area contributed by atoms with Crippen LogP contribution in [0, 0.1) is 5.92 Å². The molecule has 114 valence electrons. The quantitative estimate of drug-likeness (QED) is 0.667. The molecule has 0 aromatic heterocycles. The van der Waals surface area contributed by atoms with Gasteiger partial charge in [-0.3, -0.25) is 4.90 Å². The minimum Gasteiger partial charge on any atom is -0.383 e. The second kappa shape index (κ2) is 9.66. The van der Waals surface area contributed by atoms with Crippen molar-refractivity contribution in [2.75, 3.05) is 60.8 Å². The molecule has 1 rings (SSSR count). The Labute approximate surface area is 117 Å². The number of hydrogen-bond acceptors (Lipinski definition) is 5. The Morgan fingerprint density at radius 2 is 2.16 bits per heavy atom. The van der Waals surface area contributed by atoms with Gasteiger partial charge in [0.1, 0.15) is 0 Å². The molecule has 0 radical (unpaired) electrons. The van der Waals surface area contributed by atoms with Crippen molar-refractivity contribution in [1.82, 2.24) is 10.2 Å². The van der Waals surface area contributed by atoms with E-state index >= 15 is 0 Å². The molecule has 0 aromatic carbocycles. The van der Waals surface area contributed by atoms with E-state index in [1.807, 2.05) is 7.05 Å². The zero-order chi connectivity index (χ0) is 14.1. The normalized spacial score (nSPS) is 25.7. The number of nitrogens with one attached hydrogen (secondary N) is 1. The molecule has 1 fully saturated rings. The third-order valence-electron chi connectivity index (χ3n) is 3.93. The lowest BCUT2D eigenvalue weighted by molar-refractivity contribution is -0.000167. The predicted octanol–water partition coefficient (Wildman–Crippen LogP) is 0.594. The molecule has 1 N–H and O–H groups in total. The highest BCUT2D eigenvalue weighted by molar-refractivity contribution is 4.82. The SMILES string of the molecule is CNC1CCOCC1CN(CCOC)C(C)COC. The lowest BCUT2D eigenvalue weighted by Crippen LogP contribution is -2.49. The summed E-state index contributed by atoms with van der Waals surface area (Å²) in [7, 11) is 5.55. The van der Waals surface area contributed by atoms with Gasteiger partial charge < -0.3 is 19.5 Å². The molecule has 19 heavy (non-hydrogen) atoms. The topological polar surface area (TPSA) is 43.0 Å². The maximum absolute atomic E-state index is 5.63. The van der Waals surface area contributed by atoms with Crippen LogP contribution < -0.4 is 5.32 Å². The molecule has 3 unspecified atom stereocenters. The molecule has 1 heterocycles. The van der Waals surface area contributed by atoms with E-state index in [2.05, 4.69) is 17.1 Å². The van der Waals surface area contributed by atoms with Crippen molar-refractivity contribution >= 4 is 0 Å². The first-order valence-electron chi connectivity index (χ1n) is 7.19. The summed E-state index contributed by atoms with van der Waals surface area (Å²) in [5, 5.41) is 3.42. The largest absolute Gasteiger partial charge is 0.383 e. The highest BCUT2D eigenvalue weighted by Crippen LogP contribution is 2.17. The molecule has 1 saturated heterocycles. The van der Waals surface area contributed by atoms with Crippen LogP contribution >= 0.6 is 0 Å². The summed E-state index contributed by atoms with van der Waals surface area (Å²) in [6, 6.07) is 0.952. The number of rotatable bonds is 9. The van der Waals surface area contributed by atoms with Gasteiger partial charge in [-0.1, -0.05) is 0 Å². The van der Waals surface area contributed by atoms with Crippen LogP contribution in [-0.2, 0) is 14.2 Å². The number of nitrogens with zero attached hydrogens (tertiary/aromatic N) is 1. The molecular weight excluding hydrogens is 244 g/mol. The average Bonchev–Trinajstić information content (AvgIpc) is 2.44. The maximum atomic E-state index is 5.63. The van der Waals surface area contributed by atoms with E-state index < -0.39 is 0 Å². The van der Waals surface area contributed by atoms with Gasteiger partial charge in [0.15, 0.2) is 0 Å². The second-order valence-electron chi connectivity index (χ2n) is 5.31. The Kier molecular flexibility index (Phi) is 8.57. The third kappa shape index (κ3) is 5.75. The molecule has 0 aliphatic carbocycles. The van der Waals surface area contributed by atoms with Crippen LogP contribution in [0.25, 0.3) is 0 Å². The molecular formula is C14H30N2O3. The van der Waals surface area contributed by atoms with Crippen LogP contribution in [0.15, 0.2) is 0 Å². The van der Waals surface area contributed by atoms with E-state index in [9.17, 15) is 0 Å². The smallest absolute Gasteiger partial charge is 0.0615 e. The standard InChI is InChI=1S/C14H30N2O3/c1-12(10-18-4)16(6-8-17-3)9-13-11-19-7-5-14(13)15-2/h12-15H,5-11H2,1-4H3. The molecule has 5 nitrogen and oxygen atoms in total. The van der Waals surface area contributed by atoms with Crippen molar-refractivity contribution in [3.05, 3.63) is 0 Å². The lowest BCUT2D eigenvalue weighted by atomic mass is 9.95. The number of methoxy groups -OCH3 is 2. The van der Waals surface area contributed by atoms with Crippen molar-refractivity contribution in [3.8, 4) is 0 Å². The highest BCUT2D eigenvalue weighted by atomic mass is 16.5. The first-order chi connectivity index (χ1) is 9.22. The van der Waals surface area contributed by atoms with Crippen molar-refractivity contribution in [1.29, 1.82) is 0 Å². The van der Waals surface area contributed by atoms with Crippen LogP contribution in [0.4, 0.5) is 0 Å². The van der Waals surface area contributed by atoms with Crippen molar-refractivity contribution in [2.45, 2.75) is 25.4 Å². The van der Waals surface area contributed by atoms with Gasteiger partial charge in [0.05, 0.1) is 19.8 Å². The molecule has 5 heteroatoms. The van der Waals surface area contributed by atoms with Crippen molar-refractivity contribution in [2.24, 2.45) is 5.92 Å². The van der Waals surface area contributed by atoms with Gasteiger partial charge in [-0.15, -0.1) is 0 Å². The molecule has 0 amide bonds. The third-order valence-corrected chi connectivity index (χ3v) is 3.93. The van der Waals surface area contributed by atoms with Crippen LogP contribution in [0.3, 0.4) is 0 Å². The molecule has 0 saturated carbocycles. The Bertz CT molecular complexity index is 229. The zero-order valence-corrected chi connectivity index (χ0v) is 12.9. The summed E-state index contributed by atoms with van der Waals surface area (Å²) < 4.78 is 16.1. The Hall–Kier alpha value is -0.200. The monoisotopic (exact) mass is 274 g/mol. The zero-order valence-electron chi connectivity index (χ0n) is 12.9. The van der Waals surface area contributed by atoms with Crippen LogP contribution in [0.2, 0.25) is 0 Å². The fourth-order valence-corrected chi connectivity index (χ4v) is 2.70.